The van der Waals surface area contributed by atoms with Crippen molar-refractivity contribution in [1.29, 1.82) is 0 Å². The Labute approximate surface area is 110 Å². The van der Waals surface area contributed by atoms with Gasteiger partial charge in [0.25, 0.3) is 0 Å². The van der Waals surface area contributed by atoms with E-state index in [-0.39, 0.29) is 5.60 Å². The minimum atomic E-state index is 0.0361. The Morgan fingerprint density at radius 3 is 2.56 bits per heavy atom. The van der Waals surface area contributed by atoms with E-state index in [9.17, 15) is 0 Å². The molecule has 0 radical (unpaired) electrons. The van der Waals surface area contributed by atoms with E-state index in [1.165, 1.54) is 31.2 Å². The predicted octanol–water partition coefficient (Wildman–Crippen LogP) is 4.11. The molecule has 1 aromatic rings. The number of ether oxygens (including phenoxy) is 2. The first kappa shape index (κ1) is 13.4. The van der Waals surface area contributed by atoms with Gasteiger partial charge in [0, 0.05) is 0 Å². The molecule has 0 aliphatic carbocycles. The summed E-state index contributed by atoms with van der Waals surface area (Å²) < 4.78 is 11.9. The van der Waals surface area contributed by atoms with Crippen LogP contribution in [0.5, 0.6) is 5.75 Å². The van der Waals surface area contributed by atoms with Crippen molar-refractivity contribution in [2.45, 2.75) is 58.2 Å². The quantitative estimate of drug-likeness (QED) is 0.801. The molecule has 0 unspecified atom stereocenters. The maximum atomic E-state index is 5.99. The molecule has 2 saturated heterocycles. The van der Waals surface area contributed by atoms with Crippen LogP contribution in [0.2, 0.25) is 0 Å². The number of hydrogen-bond acceptors (Lipinski definition) is 2. The van der Waals surface area contributed by atoms with Crippen LogP contribution in [0.4, 0.5) is 0 Å². The maximum Gasteiger partial charge on any atom is 0.119 e. The first-order valence-electron chi connectivity index (χ1n) is 7.13. The van der Waals surface area contributed by atoms with E-state index in [1.807, 2.05) is 26.0 Å². The SMILES string of the molecule is CC.Cc1cccc(OCC23CCC(CC2)O3)c1. The van der Waals surface area contributed by atoms with Crippen LogP contribution in [0.15, 0.2) is 24.3 Å². The van der Waals surface area contributed by atoms with E-state index in [4.69, 9.17) is 9.47 Å². The van der Waals surface area contributed by atoms with Gasteiger partial charge >= 0.3 is 0 Å². The molecule has 3 rings (SSSR count). The van der Waals surface area contributed by atoms with Gasteiger partial charge in [-0.25, -0.2) is 0 Å². The van der Waals surface area contributed by atoms with Gasteiger partial charge in [0.2, 0.25) is 0 Å². The summed E-state index contributed by atoms with van der Waals surface area (Å²) in [6.45, 7) is 6.80. The Morgan fingerprint density at radius 1 is 1.28 bits per heavy atom. The summed E-state index contributed by atoms with van der Waals surface area (Å²) in [4.78, 5) is 0. The lowest BCUT2D eigenvalue weighted by molar-refractivity contribution is -0.0198. The Hall–Kier alpha value is -1.02. The standard InChI is InChI=1S/C14H18O2.C2H6/c1-11-3-2-4-13(9-11)15-10-14-7-5-12(16-14)6-8-14;1-2/h2-4,9,12H,5-8,10H2,1H3;1-2H3. The van der Waals surface area contributed by atoms with Gasteiger partial charge in [-0.05, 0) is 50.3 Å². The molecule has 2 aliphatic heterocycles. The van der Waals surface area contributed by atoms with E-state index in [0.29, 0.717) is 12.7 Å². The van der Waals surface area contributed by atoms with Crippen LogP contribution in [0.1, 0.15) is 45.1 Å². The molecule has 0 aromatic heterocycles. The molecule has 2 heterocycles. The number of aryl methyl sites for hydroxylation is 1. The molecule has 0 saturated carbocycles. The molecule has 2 bridgehead atoms. The van der Waals surface area contributed by atoms with Crippen LogP contribution in [-0.2, 0) is 4.74 Å². The Bertz CT molecular complexity index is 378. The van der Waals surface area contributed by atoms with Gasteiger partial charge in [-0.1, -0.05) is 26.0 Å². The van der Waals surface area contributed by atoms with Crippen molar-refractivity contribution in [2.24, 2.45) is 0 Å². The van der Waals surface area contributed by atoms with E-state index in [2.05, 4.69) is 19.1 Å². The van der Waals surface area contributed by atoms with Gasteiger partial charge in [0.05, 0.1) is 6.10 Å². The molecule has 2 heteroatoms. The maximum absolute atomic E-state index is 5.99. The van der Waals surface area contributed by atoms with Crippen LogP contribution < -0.4 is 4.74 Å². The third kappa shape index (κ3) is 2.86. The number of hydrogen-bond donors (Lipinski definition) is 0. The highest BCUT2D eigenvalue weighted by molar-refractivity contribution is 5.27. The summed E-state index contributed by atoms with van der Waals surface area (Å²) in [6, 6.07) is 8.22. The van der Waals surface area contributed by atoms with Crippen molar-refractivity contribution in [3.8, 4) is 5.75 Å². The van der Waals surface area contributed by atoms with Crippen LogP contribution >= 0.6 is 0 Å². The molecule has 1 aromatic carbocycles. The fourth-order valence-corrected chi connectivity index (χ4v) is 2.81. The Kier molecular flexibility index (Phi) is 4.28. The van der Waals surface area contributed by atoms with Gasteiger partial charge in [0.15, 0.2) is 0 Å². The van der Waals surface area contributed by atoms with Crippen molar-refractivity contribution in [3.63, 3.8) is 0 Å². The molecule has 2 nitrogen and oxygen atoms in total. The molecule has 0 amide bonds. The zero-order chi connectivity index (χ0) is 13.0. The van der Waals surface area contributed by atoms with Gasteiger partial charge in [-0.3, -0.25) is 0 Å². The fraction of sp³-hybridized carbons (Fsp3) is 0.625. The Balaban J connectivity index is 0.000000574. The van der Waals surface area contributed by atoms with E-state index in [1.54, 1.807) is 0 Å². The van der Waals surface area contributed by atoms with Crippen molar-refractivity contribution in [1.82, 2.24) is 0 Å². The molecular formula is C16H24O2. The molecule has 0 spiro atoms. The third-order valence-corrected chi connectivity index (χ3v) is 3.75. The topological polar surface area (TPSA) is 18.5 Å². The lowest BCUT2D eigenvalue weighted by Gasteiger charge is -2.24. The third-order valence-electron chi connectivity index (χ3n) is 3.75. The second-order valence-electron chi connectivity index (χ2n) is 5.11. The van der Waals surface area contributed by atoms with Crippen LogP contribution in [0, 0.1) is 6.92 Å². The number of benzene rings is 1. The highest BCUT2D eigenvalue weighted by Gasteiger charge is 2.46. The van der Waals surface area contributed by atoms with Crippen LogP contribution in [-0.4, -0.2) is 18.3 Å². The summed E-state index contributed by atoms with van der Waals surface area (Å²) in [7, 11) is 0. The molecule has 0 N–H and O–H groups in total. The van der Waals surface area contributed by atoms with Crippen LogP contribution in [0.3, 0.4) is 0 Å². The minimum Gasteiger partial charge on any atom is -0.491 e. The van der Waals surface area contributed by atoms with Gasteiger partial charge in [0.1, 0.15) is 18.0 Å². The summed E-state index contributed by atoms with van der Waals surface area (Å²) in [5.41, 5.74) is 1.28. The summed E-state index contributed by atoms with van der Waals surface area (Å²) in [5, 5.41) is 0. The average Bonchev–Trinajstić information content (AvgIpc) is 3.00. The van der Waals surface area contributed by atoms with E-state index < -0.39 is 0 Å². The fourth-order valence-electron chi connectivity index (χ4n) is 2.81. The highest BCUT2D eigenvalue weighted by Crippen LogP contribution is 2.43. The van der Waals surface area contributed by atoms with Crippen LogP contribution in [0.25, 0.3) is 0 Å². The first-order chi connectivity index (χ1) is 8.76. The molecule has 18 heavy (non-hydrogen) atoms. The summed E-state index contributed by atoms with van der Waals surface area (Å²) in [6.07, 6.45) is 5.29. The van der Waals surface area contributed by atoms with Gasteiger partial charge in [-0.15, -0.1) is 0 Å². The van der Waals surface area contributed by atoms with Crippen molar-refractivity contribution >= 4 is 0 Å². The van der Waals surface area contributed by atoms with Gasteiger partial charge < -0.3 is 9.47 Å². The monoisotopic (exact) mass is 248 g/mol. The molecule has 2 aliphatic rings. The predicted molar refractivity (Wildman–Crippen MR) is 74.1 cm³/mol. The van der Waals surface area contributed by atoms with Gasteiger partial charge in [-0.2, -0.15) is 0 Å². The molecule has 100 valence electrons. The van der Waals surface area contributed by atoms with Crippen molar-refractivity contribution < 1.29 is 9.47 Å². The number of rotatable bonds is 3. The molecule has 0 atom stereocenters. The summed E-state index contributed by atoms with van der Waals surface area (Å²) >= 11 is 0. The minimum absolute atomic E-state index is 0.0361. The van der Waals surface area contributed by atoms with E-state index >= 15 is 0 Å². The second-order valence-corrected chi connectivity index (χ2v) is 5.11. The first-order valence-corrected chi connectivity index (χ1v) is 7.13. The summed E-state index contributed by atoms with van der Waals surface area (Å²) in [5.74, 6) is 0.966. The van der Waals surface area contributed by atoms with Crippen molar-refractivity contribution in [3.05, 3.63) is 29.8 Å². The van der Waals surface area contributed by atoms with Crippen molar-refractivity contribution in [2.75, 3.05) is 6.61 Å². The normalized spacial score (nSPS) is 28.7. The largest absolute Gasteiger partial charge is 0.491 e. The highest BCUT2D eigenvalue weighted by atomic mass is 16.6. The molecule has 2 fully saturated rings. The zero-order valence-electron chi connectivity index (χ0n) is 11.7. The smallest absolute Gasteiger partial charge is 0.119 e. The average molecular weight is 248 g/mol. The van der Waals surface area contributed by atoms with E-state index in [0.717, 1.165) is 5.75 Å². The second kappa shape index (κ2) is 5.75. The Morgan fingerprint density at radius 2 is 2.00 bits per heavy atom. The lowest BCUT2D eigenvalue weighted by Crippen LogP contribution is -2.32. The molecular weight excluding hydrogens is 224 g/mol. The number of fused-ring (bicyclic) bond motifs is 2. The zero-order valence-corrected chi connectivity index (χ0v) is 11.7. The lowest BCUT2D eigenvalue weighted by atomic mass is 9.89.